The summed E-state index contributed by atoms with van der Waals surface area (Å²) in [6.07, 6.45) is 3.47. The zero-order chi connectivity index (χ0) is 23.9. The van der Waals surface area contributed by atoms with Crippen LogP contribution in [0.3, 0.4) is 0 Å². The fraction of sp³-hybridized carbons (Fsp3) is 0.167. The van der Waals surface area contributed by atoms with Gasteiger partial charge in [-0.3, -0.25) is 4.79 Å². The number of methoxy groups -OCH3 is 1. The highest BCUT2D eigenvalue weighted by atomic mass is 32.2. The molecule has 0 saturated carbocycles. The molecular weight excluding hydrogens is 456 g/mol. The molecule has 4 rings (SSSR count). The van der Waals surface area contributed by atoms with Gasteiger partial charge in [-0.15, -0.1) is 0 Å². The Hall–Kier alpha value is -4.05. The van der Waals surface area contributed by atoms with Crippen LogP contribution in [-0.4, -0.2) is 39.4 Å². The first-order valence-electron chi connectivity index (χ1n) is 10.3. The van der Waals surface area contributed by atoms with Gasteiger partial charge in [-0.05, 0) is 36.4 Å². The topological polar surface area (TPSA) is 108 Å². The summed E-state index contributed by atoms with van der Waals surface area (Å²) in [4.78, 5) is 29.3. The van der Waals surface area contributed by atoms with Gasteiger partial charge in [0.1, 0.15) is 11.4 Å². The number of aromatic nitrogens is 3. The minimum atomic E-state index is -0.588. The second-order valence-electron chi connectivity index (χ2n) is 7.19. The van der Waals surface area contributed by atoms with Gasteiger partial charge in [-0.1, -0.05) is 29.1 Å². The molecular formula is C24H22N4O5S. The number of aryl methyl sites for hydroxylation is 1. The molecule has 0 unspecified atom stereocenters. The average Bonchev–Trinajstić information content (AvgIpc) is 3.50. The van der Waals surface area contributed by atoms with Gasteiger partial charge in [0, 0.05) is 31.1 Å². The van der Waals surface area contributed by atoms with Crippen LogP contribution in [0.15, 0.2) is 76.7 Å². The van der Waals surface area contributed by atoms with Crippen LogP contribution >= 0.6 is 11.8 Å². The van der Waals surface area contributed by atoms with E-state index >= 15 is 0 Å². The summed E-state index contributed by atoms with van der Waals surface area (Å²) in [6.45, 7) is -0.0979. The van der Waals surface area contributed by atoms with E-state index in [1.807, 2.05) is 35.9 Å². The first-order chi connectivity index (χ1) is 16.5. The van der Waals surface area contributed by atoms with Crippen molar-refractivity contribution in [2.45, 2.75) is 11.8 Å². The molecule has 2 aromatic heterocycles. The maximum Gasteiger partial charge on any atom is 0.340 e. The molecule has 0 radical (unpaired) electrons. The van der Waals surface area contributed by atoms with Crippen molar-refractivity contribution < 1.29 is 23.6 Å². The molecule has 1 amide bonds. The number of hydrogen-bond acceptors (Lipinski definition) is 8. The lowest BCUT2D eigenvalue weighted by Crippen LogP contribution is -2.17. The average molecular weight is 479 g/mol. The van der Waals surface area contributed by atoms with Gasteiger partial charge in [-0.25, -0.2) is 9.78 Å². The maximum absolute atomic E-state index is 12.7. The summed E-state index contributed by atoms with van der Waals surface area (Å²) in [6, 6.07) is 15.7. The molecule has 34 heavy (non-hydrogen) atoms. The molecule has 0 atom stereocenters. The van der Waals surface area contributed by atoms with Gasteiger partial charge in [-0.2, -0.15) is 0 Å². The molecule has 0 aliphatic rings. The molecule has 0 spiro atoms. The van der Waals surface area contributed by atoms with Crippen LogP contribution in [0.1, 0.15) is 16.1 Å². The lowest BCUT2D eigenvalue weighted by atomic mass is 10.1. The van der Waals surface area contributed by atoms with E-state index in [4.69, 9.17) is 14.0 Å². The lowest BCUT2D eigenvalue weighted by Gasteiger charge is -2.10. The summed E-state index contributed by atoms with van der Waals surface area (Å²) < 4.78 is 17.7. The van der Waals surface area contributed by atoms with E-state index in [-0.39, 0.29) is 23.8 Å². The van der Waals surface area contributed by atoms with E-state index in [2.05, 4.69) is 15.5 Å². The third-order valence-electron chi connectivity index (χ3n) is 4.82. The molecule has 0 aliphatic carbocycles. The second-order valence-corrected chi connectivity index (χ2v) is 8.13. The molecule has 174 valence electrons. The Morgan fingerprint density at radius 2 is 1.94 bits per heavy atom. The van der Waals surface area contributed by atoms with Crippen LogP contribution in [0.2, 0.25) is 0 Å². The molecule has 0 fully saturated rings. The van der Waals surface area contributed by atoms with Crippen LogP contribution in [0.4, 0.5) is 5.69 Å². The monoisotopic (exact) mass is 478 g/mol. The second kappa shape index (κ2) is 10.7. The number of imidazole rings is 1. The highest BCUT2D eigenvalue weighted by Gasteiger charge is 2.16. The van der Waals surface area contributed by atoms with Gasteiger partial charge < -0.3 is 23.9 Å². The Kier molecular flexibility index (Phi) is 7.28. The minimum Gasteiger partial charge on any atom is -0.497 e. The number of ether oxygens (including phenoxy) is 2. The normalized spacial score (nSPS) is 10.6. The third kappa shape index (κ3) is 5.65. The van der Waals surface area contributed by atoms with Gasteiger partial charge >= 0.3 is 5.97 Å². The van der Waals surface area contributed by atoms with E-state index in [0.29, 0.717) is 17.1 Å². The fourth-order valence-electron chi connectivity index (χ4n) is 3.07. The Labute approximate surface area is 200 Å². The van der Waals surface area contributed by atoms with E-state index < -0.39 is 5.97 Å². The molecule has 4 aromatic rings. The number of nitrogens with zero attached hydrogens (tertiary/aromatic N) is 3. The number of thioether (sulfide) groups is 1. The van der Waals surface area contributed by atoms with E-state index in [9.17, 15) is 9.59 Å². The summed E-state index contributed by atoms with van der Waals surface area (Å²) in [7, 11) is 3.45. The molecule has 1 N–H and O–H groups in total. The number of hydrogen-bond donors (Lipinski definition) is 1. The van der Waals surface area contributed by atoms with Crippen molar-refractivity contribution in [3.05, 3.63) is 78.3 Å². The number of rotatable bonds is 9. The Morgan fingerprint density at radius 1 is 1.15 bits per heavy atom. The third-order valence-corrected chi connectivity index (χ3v) is 5.88. The fourth-order valence-corrected chi connectivity index (χ4v) is 3.80. The Balaban J connectivity index is 1.35. The first-order valence-corrected chi connectivity index (χ1v) is 11.3. The van der Waals surface area contributed by atoms with E-state index in [1.165, 1.54) is 11.8 Å². The number of benzene rings is 2. The number of esters is 1. The Morgan fingerprint density at radius 3 is 2.68 bits per heavy atom. The van der Waals surface area contributed by atoms with Crippen molar-refractivity contribution in [2.75, 3.05) is 18.2 Å². The maximum atomic E-state index is 12.7. The van der Waals surface area contributed by atoms with E-state index in [1.54, 1.807) is 49.8 Å². The molecule has 10 heteroatoms. The summed E-state index contributed by atoms with van der Waals surface area (Å²) in [5.41, 5.74) is 2.08. The van der Waals surface area contributed by atoms with Gasteiger partial charge in [0.2, 0.25) is 5.91 Å². The summed E-state index contributed by atoms with van der Waals surface area (Å²) in [5.74, 6) is 0.442. The number of carbonyl (C=O) groups excluding carboxylic acids is 2. The van der Waals surface area contributed by atoms with Crippen LogP contribution < -0.4 is 10.1 Å². The smallest absolute Gasteiger partial charge is 0.340 e. The van der Waals surface area contributed by atoms with Crippen LogP contribution in [-0.2, 0) is 23.2 Å². The molecule has 2 heterocycles. The van der Waals surface area contributed by atoms with Gasteiger partial charge in [0.05, 0.1) is 24.1 Å². The highest BCUT2D eigenvalue weighted by Crippen LogP contribution is 2.23. The highest BCUT2D eigenvalue weighted by molar-refractivity contribution is 7.99. The number of amides is 1. The number of nitrogens with one attached hydrogen (secondary N) is 1. The van der Waals surface area contributed by atoms with Crippen molar-refractivity contribution in [3.8, 4) is 17.0 Å². The van der Waals surface area contributed by atoms with Crippen molar-refractivity contribution in [1.82, 2.24) is 14.7 Å². The zero-order valence-electron chi connectivity index (χ0n) is 18.6. The number of para-hydroxylation sites is 1. The number of anilines is 1. The summed E-state index contributed by atoms with van der Waals surface area (Å²) >= 11 is 1.30. The molecule has 0 aliphatic heterocycles. The van der Waals surface area contributed by atoms with Crippen LogP contribution in [0.5, 0.6) is 5.75 Å². The van der Waals surface area contributed by atoms with Crippen LogP contribution in [0, 0.1) is 0 Å². The van der Waals surface area contributed by atoms with Crippen molar-refractivity contribution in [1.29, 1.82) is 0 Å². The largest absolute Gasteiger partial charge is 0.497 e. The van der Waals surface area contributed by atoms with Crippen LogP contribution in [0.25, 0.3) is 11.3 Å². The molecule has 2 aromatic carbocycles. The molecule has 9 nitrogen and oxygen atoms in total. The minimum absolute atomic E-state index is 0.0979. The van der Waals surface area contributed by atoms with Crippen molar-refractivity contribution in [2.24, 2.45) is 7.05 Å². The predicted molar refractivity (Wildman–Crippen MR) is 127 cm³/mol. The lowest BCUT2D eigenvalue weighted by molar-refractivity contribution is -0.113. The number of carbonyl (C=O) groups is 2. The zero-order valence-corrected chi connectivity index (χ0v) is 19.4. The van der Waals surface area contributed by atoms with Crippen molar-refractivity contribution >= 4 is 29.3 Å². The van der Waals surface area contributed by atoms with Crippen molar-refractivity contribution in [3.63, 3.8) is 0 Å². The predicted octanol–water partition coefficient (Wildman–Crippen LogP) is 4.17. The van der Waals surface area contributed by atoms with E-state index in [0.717, 1.165) is 16.5 Å². The van der Waals surface area contributed by atoms with Gasteiger partial charge in [0.15, 0.2) is 17.5 Å². The SMILES string of the molecule is COc1ccc(-c2cc(COC(=O)c3ccccc3NC(=O)CSc3nccn3C)on2)cc1. The molecule has 0 saturated heterocycles. The quantitative estimate of drug-likeness (QED) is 0.282. The molecule has 0 bridgehead atoms. The first kappa shape index (κ1) is 23.1. The summed E-state index contributed by atoms with van der Waals surface area (Å²) in [5, 5.41) is 7.51. The standard InChI is InChI=1S/C24H22N4O5S/c1-28-12-11-25-24(28)34-15-22(29)26-20-6-4-3-5-19(20)23(30)32-14-18-13-21(27-33-18)16-7-9-17(31-2)10-8-16/h3-13H,14-15H2,1-2H3,(H,26,29). The Bertz CT molecular complexity index is 1280. The van der Waals surface area contributed by atoms with Gasteiger partial charge in [0.25, 0.3) is 0 Å².